The summed E-state index contributed by atoms with van der Waals surface area (Å²) in [6, 6.07) is 16.3. The number of aromatic nitrogens is 3. The van der Waals surface area contributed by atoms with E-state index in [1.165, 1.54) is 40.6 Å². The molecule has 2 aromatic carbocycles. The number of benzene rings is 2. The molecule has 2 aromatic heterocycles. The molecule has 0 spiro atoms. The molecule has 0 radical (unpaired) electrons. The van der Waals surface area contributed by atoms with E-state index < -0.39 is 9.84 Å². The number of pyridine rings is 1. The van der Waals surface area contributed by atoms with Gasteiger partial charge in [-0.05, 0) is 29.7 Å². The number of para-hydroxylation sites is 2. The van der Waals surface area contributed by atoms with Gasteiger partial charge in [-0.2, -0.15) is 9.13 Å². The Morgan fingerprint density at radius 1 is 0.829 bits per heavy atom. The van der Waals surface area contributed by atoms with Crippen LogP contribution in [0.5, 0.6) is 11.9 Å². The normalized spacial score (nSPS) is 12.1. The summed E-state index contributed by atoms with van der Waals surface area (Å²) in [4.78, 5) is 4.50. The van der Waals surface area contributed by atoms with Crippen molar-refractivity contribution in [1.29, 1.82) is 0 Å². The summed E-state index contributed by atoms with van der Waals surface area (Å²) in [6.45, 7) is 21.0. The molecule has 0 atom stereocenters. The van der Waals surface area contributed by atoms with Gasteiger partial charge >= 0.3 is 6.01 Å². The van der Waals surface area contributed by atoms with Crippen LogP contribution in [0.25, 0.3) is 11.4 Å². The van der Waals surface area contributed by atoms with Crippen molar-refractivity contribution in [2.45, 2.75) is 84.0 Å². The topological polar surface area (TPSA) is 65.1 Å². The summed E-state index contributed by atoms with van der Waals surface area (Å²) < 4.78 is 36.0. The van der Waals surface area contributed by atoms with E-state index in [9.17, 15) is 8.42 Å². The van der Waals surface area contributed by atoms with Gasteiger partial charge in [0, 0.05) is 39.9 Å². The molecule has 0 bridgehead atoms. The van der Waals surface area contributed by atoms with Crippen LogP contribution in [0.3, 0.4) is 0 Å². The van der Waals surface area contributed by atoms with Crippen LogP contribution in [-0.2, 0) is 9.84 Å². The zero-order valence-electron chi connectivity index (χ0n) is 25.4. The lowest BCUT2D eigenvalue weighted by molar-refractivity contribution is -0.602. The molecule has 0 N–H and O–H groups in total. The highest BCUT2D eigenvalue weighted by atomic mass is 32.2. The monoisotopic (exact) mass is 572 g/mol. The Bertz CT molecular complexity index is 1530. The zero-order chi connectivity index (χ0) is 30.1. The van der Waals surface area contributed by atoms with Crippen LogP contribution >= 0.6 is 0 Å². The summed E-state index contributed by atoms with van der Waals surface area (Å²) in [6.07, 6.45) is 5.52. The van der Waals surface area contributed by atoms with Crippen LogP contribution in [0.2, 0.25) is 0 Å². The van der Waals surface area contributed by atoms with E-state index in [0.717, 1.165) is 16.8 Å². The number of hydrogen-bond donors (Lipinski definition) is 0. The van der Waals surface area contributed by atoms with Gasteiger partial charge < -0.3 is 4.74 Å². The highest BCUT2D eigenvalue weighted by Crippen LogP contribution is 2.36. The van der Waals surface area contributed by atoms with Crippen LogP contribution in [0, 0.1) is 0 Å². The second-order valence-electron chi connectivity index (χ2n) is 11.7. The smallest absolute Gasteiger partial charge is 0.372 e. The second kappa shape index (κ2) is 12.0. The third kappa shape index (κ3) is 6.01. The molecule has 0 saturated carbocycles. The second-order valence-corrected chi connectivity index (χ2v) is 13.5. The van der Waals surface area contributed by atoms with Gasteiger partial charge in [-0.1, -0.05) is 98.4 Å². The zero-order valence-corrected chi connectivity index (χ0v) is 26.2. The maximum Gasteiger partial charge on any atom is 0.473 e. The highest BCUT2D eigenvalue weighted by molar-refractivity contribution is 7.94. The lowest BCUT2D eigenvalue weighted by atomic mass is 9.92. The van der Waals surface area contributed by atoms with Crippen molar-refractivity contribution in [3.05, 3.63) is 101 Å². The van der Waals surface area contributed by atoms with E-state index in [2.05, 4.69) is 112 Å². The van der Waals surface area contributed by atoms with E-state index >= 15 is 0 Å². The fraction of sp³-hybridized carbons (Fsp3) is 0.353. The minimum absolute atomic E-state index is 0.0815. The lowest BCUT2D eigenvalue weighted by Gasteiger charge is -2.19. The number of rotatable bonds is 10. The van der Waals surface area contributed by atoms with Gasteiger partial charge in [0.1, 0.15) is 23.8 Å². The predicted octanol–water partition coefficient (Wildman–Crippen LogP) is 8.35. The largest absolute Gasteiger partial charge is 0.473 e. The first-order valence-electron chi connectivity index (χ1n) is 14.3. The Labute approximate surface area is 245 Å². The van der Waals surface area contributed by atoms with E-state index in [1.54, 1.807) is 0 Å². The molecular weight excluding hydrogens is 530 g/mol. The van der Waals surface area contributed by atoms with Crippen LogP contribution in [0.4, 0.5) is 0 Å². The molecule has 6 nitrogen and oxygen atoms in total. The lowest BCUT2D eigenvalue weighted by Crippen LogP contribution is -2.34. The van der Waals surface area contributed by atoms with Crippen molar-refractivity contribution in [2.24, 2.45) is 0 Å². The standard InChI is InChI=1S/C34H42N3O3S/c1-10-41(38,39)26-17-18-35-31(21-26)40-34-36(32-27(22(2)3)13-11-14-28(32)23(4)5)19-20-37(34)33-29(24(6)7)15-12-16-30(33)25(8)9/h10-25H,1H2,2-9H3/q+1. The predicted molar refractivity (Wildman–Crippen MR) is 165 cm³/mol. The molecule has 0 aliphatic heterocycles. The minimum Gasteiger partial charge on any atom is -0.372 e. The van der Waals surface area contributed by atoms with E-state index in [0.29, 0.717) is 6.01 Å². The fourth-order valence-corrected chi connectivity index (χ4v) is 5.92. The Kier molecular flexibility index (Phi) is 8.88. The number of imidazole rings is 1. The summed E-state index contributed by atoms with van der Waals surface area (Å²) in [7, 11) is -3.67. The van der Waals surface area contributed by atoms with Gasteiger partial charge in [-0.3, -0.25) is 0 Å². The SMILES string of the molecule is C=CS(=O)(=O)c1ccnc(Oc2n(-c3c(C(C)C)cccc3C(C)C)cc[n+]2-c2c(C(C)C)cccc2C(C)C)c1. The van der Waals surface area contributed by atoms with Crippen molar-refractivity contribution in [2.75, 3.05) is 0 Å². The van der Waals surface area contributed by atoms with E-state index in [1.807, 2.05) is 12.4 Å². The highest BCUT2D eigenvalue weighted by Gasteiger charge is 2.32. The molecule has 41 heavy (non-hydrogen) atoms. The number of hydrogen-bond acceptors (Lipinski definition) is 4. The molecule has 4 rings (SSSR count). The maximum absolute atomic E-state index is 12.6. The van der Waals surface area contributed by atoms with Crippen LogP contribution in [-0.4, -0.2) is 18.0 Å². The molecule has 2 heterocycles. The Balaban J connectivity index is 2.09. The van der Waals surface area contributed by atoms with Crippen LogP contribution in [0.1, 0.15) is 101 Å². The van der Waals surface area contributed by atoms with Crippen molar-refractivity contribution >= 4 is 9.84 Å². The molecule has 0 saturated heterocycles. The van der Waals surface area contributed by atoms with Gasteiger partial charge in [0.15, 0.2) is 9.84 Å². The summed E-state index contributed by atoms with van der Waals surface area (Å²) in [5.74, 6) is 1.24. The van der Waals surface area contributed by atoms with Gasteiger partial charge in [0.25, 0.3) is 0 Å². The molecule has 7 heteroatoms. The van der Waals surface area contributed by atoms with Gasteiger partial charge in [0.05, 0.1) is 4.90 Å². The Morgan fingerprint density at radius 2 is 1.34 bits per heavy atom. The average Bonchev–Trinajstić information content (AvgIpc) is 3.34. The van der Waals surface area contributed by atoms with Gasteiger partial charge in [-0.25, -0.2) is 13.4 Å². The molecule has 0 unspecified atom stereocenters. The number of sulfone groups is 1. The van der Waals surface area contributed by atoms with Crippen molar-refractivity contribution in [1.82, 2.24) is 9.55 Å². The van der Waals surface area contributed by atoms with E-state index in [4.69, 9.17) is 4.74 Å². The molecule has 0 amide bonds. The Morgan fingerprint density at radius 3 is 1.83 bits per heavy atom. The fourth-order valence-electron chi connectivity index (χ4n) is 5.21. The summed E-state index contributed by atoms with van der Waals surface area (Å²) in [5, 5.41) is 0.941. The quantitative estimate of drug-likeness (QED) is 0.179. The minimum atomic E-state index is -3.67. The molecular formula is C34H42N3O3S+. The third-order valence-corrected chi connectivity index (χ3v) is 8.74. The first-order chi connectivity index (χ1) is 19.4. The van der Waals surface area contributed by atoms with Crippen LogP contribution < -0.4 is 9.30 Å². The summed E-state index contributed by atoms with van der Waals surface area (Å²) in [5.41, 5.74) is 6.91. The summed E-state index contributed by atoms with van der Waals surface area (Å²) >= 11 is 0. The van der Waals surface area contributed by atoms with Gasteiger partial charge in [-0.15, -0.1) is 0 Å². The van der Waals surface area contributed by atoms with Gasteiger partial charge in [0.2, 0.25) is 5.88 Å². The van der Waals surface area contributed by atoms with E-state index in [-0.39, 0.29) is 34.4 Å². The Hall–Kier alpha value is -3.71. The number of ether oxygens (including phenoxy) is 1. The van der Waals surface area contributed by atoms with Crippen molar-refractivity contribution < 1.29 is 17.7 Å². The van der Waals surface area contributed by atoms with Crippen molar-refractivity contribution in [3.63, 3.8) is 0 Å². The molecule has 0 aliphatic carbocycles. The average molecular weight is 573 g/mol. The van der Waals surface area contributed by atoms with Crippen LogP contribution in [0.15, 0.2) is 84.0 Å². The third-order valence-electron chi connectivity index (χ3n) is 7.39. The maximum atomic E-state index is 12.6. The number of nitrogens with zero attached hydrogens (tertiary/aromatic N) is 3. The molecule has 4 aromatic rings. The van der Waals surface area contributed by atoms with Crippen molar-refractivity contribution in [3.8, 4) is 23.3 Å². The first-order valence-corrected chi connectivity index (χ1v) is 15.8. The first kappa shape index (κ1) is 30.3. The molecule has 0 fully saturated rings. The molecule has 216 valence electrons. The molecule has 0 aliphatic rings.